The monoisotopic (exact) mass is 294 g/mol. The average Bonchev–Trinajstić information content (AvgIpc) is 3.18. The third-order valence-corrected chi connectivity index (χ3v) is 5.35. The Morgan fingerprint density at radius 1 is 1.45 bits per heavy atom. The van der Waals surface area contributed by atoms with Gasteiger partial charge in [0.1, 0.15) is 0 Å². The van der Waals surface area contributed by atoms with Crippen molar-refractivity contribution in [1.29, 1.82) is 0 Å². The van der Waals surface area contributed by atoms with E-state index in [0.29, 0.717) is 5.91 Å². The number of carbonyl (C=O) groups excluding carboxylic acids is 1. The number of anilines is 1. The number of piperazine rings is 1. The lowest BCUT2D eigenvalue weighted by atomic mass is 9.92. The maximum absolute atomic E-state index is 12.8. The van der Waals surface area contributed by atoms with Gasteiger partial charge >= 0.3 is 0 Å². The number of hydrogen-bond donors (Lipinski definition) is 1. The molecule has 110 valence electrons. The Labute approximate surface area is 124 Å². The predicted octanol–water partition coefficient (Wildman–Crippen LogP) is 1.32. The third kappa shape index (κ3) is 2.42. The van der Waals surface area contributed by atoms with E-state index in [1.165, 1.54) is 0 Å². The summed E-state index contributed by atoms with van der Waals surface area (Å²) in [4.78, 5) is 21.4. The summed E-state index contributed by atoms with van der Waals surface area (Å²) in [6.45, 7) is 6.47. The van der Waals surface area contributed by atoms with Crippen LogP contribution in [0.25, 0.3) is 0 Å². The van der Waals surface area contributed by atoms with Gasteiger partial charge in [-0.2, -0.15) is 0 Å². The zero-order valence-electron chi connectivity index (χ0n) is 12.0. The van der Waals surface area contributed by atoms with Crippen LogP contribution in [0, 0.1) is 0 Å². The molecular formula is C14H22N4OS. The van der Waals surface area contributed by atoms with Crippen molar-refractivity contribution in [2.24, 2.45) is 0 Å². The number of rotatable bonds is 3. The molecule has 0 radical (unpaired) electrons. The zero-order valence-corrected chi connectivity index (χ0v) is 12.8. The van der Waals surface area contributed by atoms with Gasteiger partial charge in [0.15, 0.2) is 5.13 Å². The molecule has 0 saturated carbocycles. The van der Waals surface area contributed by atoms with Gasteiger partial charge in [-0.15, -0.1) is 11.3 Å². The third-order valence-electron chi connectivity index (χ3n) is 4.51. The summed E-state index contributed by atoms with van der Waals surface area (Å²) in [5.74, 6) is 0.302. The standard InChI is InChI=1S/C14H22N4OS/c1-2-14(4-3-5-16-14)12(19)17-7-9-18(10-8-17)13-15-6-11-20-13/h6,11,16H,2-5,7-10H2,1H3. The maximum atomic E-state index is 12.8. The number of nitrogens with zero attached hydrogens (tertiary/aromatic N) is 3. The minimum absolute atomic E-state index is 0.288. The van der Waals surface area contributed by atoms with E-state index in [4.69, 9.17) is 0 Å². The molecule has 0 bridgehead atoms. The van der Waals surface area contributed by atoms with Crippen LogP contribution in [0.4, 0.5) is 5.13 Å². The Balaban J connectivity index is 1.61. The highest BCUT2D eigenvalue weighted by molar-refractivity contribution is 7.13. The van der Waals surface area contributed by atoms with E-state index in [1.807, 2.05) is 16.5 Å². The van der Waals surface area contributed by atoms with Gasteiger partial charge in [0, 0.05) is 37.8 Å². The van der Waals surface area contributed by atoms with Gasteiger partial charge < -0.3 is 15.1 Å². The second kappa shape index (κ2) is 5.69. The average molecular weight is 294 g/mol. The number of hydrogen-bond acceptors (Lipinski definition) is 5. The summed E-state index contributed by atoms with van der Waals surface area (Å²) < 4.78 is 0. The molecule has 2 saturated heterocycles. The highest BCUT2D eigenvalue weighted by atomic mass is 32.1. The lowest BCUT2D eigenvalue weighted by molar-refractivity contribution is -0.138. The van der Waals surface area contributed by atoms with E-state index in [1.54, 1.807) is 11.3 Å². The number of nitrogens with one attached hydrogen (secondary N) is 1. The molecule has 1 atom stereocenters. The van der Waals surface area contributed by atoms with E-state index in [2.05, 4.69) is 22.1 Å². The number of aromatic nitrogens is 1. The minimum Gasteiger partial charge on any atom is -0.345 e. The van der Waals surface area contributed by atoms with Gasteiger partial charge in [-0.1, -0.05) is 6.92 Å². The van der Waals surface area contributed by atoms with E-state index in [9.17, 15) is 4.79 Å². The zero-order chi connectivity index (χ0) is 14.0. The van der Waals surface area contributed by atoms with Crippen LogP contribution in [-0.2, 0) is 4.79 Å². The molecular weight excluding hydrogens is 272 g/mol. The smallest absolute Gasteiger partial charge is 0.242 e. The predicted molar refractivity (Wildman–Crippen MR) is 81.2 cm³/mol. The molecule has 0 spiro atoms. The highest BCUT2D eigenvalue weighted by Gasteiger charge is 2.42. The molecule has 1 aromatic rings. The molecule has 2 fully saturated rings. The molecule has 20 heavy (non-hydrogen) atoms. The van der Waals surface area contributed by atoms with Crippen molar-refractivity contribution in [1.82, 2.24) is 15.2 Å². The molecule has 5 nitrogen and oxygen atoms in total. The van der Waals surface area contributed by atoms with E-state index >= 15 is 0 Å². The number of amides is 1. The Kier molecular flexibility index (Phi) is 3.94. The van der Waals surface area contributed by atoms with Gasteiger partial charge in [0.05, 0.1) is 5.54 Å². The normalized spacial score (nSPS) is 27.1. The lowest BCUT2D eigenvalue weighted by Gasteiger charge is -2.39. The molecule has 6 heteroatoms. The van der Waals surface area contributed by atoms with Gasteiger partial charge in [-0.25, -0.2) is 4.98 Å². The van der Waals surface area contributed by atoms with Gasteiger partial charge in [-0.05, 0) is 25.8 Å². The molecule has 3 heterocycles. The first kappa shape index (κ1) is 13.8. The SMILES string of the molecule is CCC1(C(=O)N2CCN(c3nccs3)CC2)CCCN1. The minimum atomic E-state index is -0.288. The van der Waals surface area contributed by atoms with Crippen LogP contribution in [-0.4, -0.2) is 54.1 Å². The van der Waals surface area contributed by atoms with Crippen LogP contribution in [0.1, 0.15) is 26.2 Å². The second-order valence-electron chi connectivity index (χ2n) is 5.56. The first-order valence-electron chi connectivity index (χ1n) is 7.44. The summed E-state index contributed by atoms with van der Waals surface area (Å²) >= 11 is 1.67. The van der Waals surface area contributed by atoms with Crippen molar-refractivity contribution < 1.29 is 4.79 Å². The summed E-state index contributed by atoms with van der Waals surface area (Å²) in [6.07, 6.45) is 4.82. The fourth-order valence-electron chi connectivity index (χ4n) is 3.22. The molecule has 2 aliphatic heterocycles. The van der Waals surface area contributed by atoms with E-state index in [0.717, 1.165) is 57.1 Å². The van der Waals surface area contributed by atoms with Crippen molar-refractivity contribution in [3.63, 3.8) is 0 Å². The molecule has 3 rings (SSSR count). The van der Waals surface area contributed by atoms with Crippen molar-refractivity contribution in [3.8, 4) is 0 Å². The summed E-state index contributed by atoms with van der Waals surface area (Å²) in [7, 11) is 0. The Hall–Kier alpha value is -1.14. The van der Waals surface area contributed by atoms with Crippen LogP contribution in [0.2, 0.25) is 0 Å². The largest absolute Gasteiger partial charge is 0.345 e. The van der Waals surface area contributed by atoms with Crippen LogP contribution >= 0.6 is 11.3 Å². The number of thiazole rings is 1. The van der Waals surface area contributed by atoms with E-state index in [-0.39, 0.29) is 5.54 Å². The number of carbonyl (C=O) groups is 1. The van der Waals surface area contributed by atoms with Gasteiger partial charge in [-0.3, -0.25) is 4.79 Å². The molecule has 0 aromatic carbocycles. The van der Waals surface area contributed by atoms with Gasteiger partial charge in [0.25, 0.3) is 0 Å². The summed E-state index contributed by atoms with van der Waals surface area (Å²) in [6, 6.07) is 0. The van der Waals surface area contributed by atoms with Crippen molar-refractivity contribution >= 4 is 22.4 Å². The first-order chi connectivity index (χ1) is 9.75. The molecule has 0 aliphatic carbocycles. The lowest BCUT2D eigenvalue weighted by Crippen LogP contribution is -2.59. The summed E-state index contributed by atoms with van der Waals surface area (Å²) in [5, 5.41) is 6.51. The van der Waals surface area contributed by atoms with Crippen molar-refractivity contribution in [3.05, 3.63) is 11.6 Å². The van der Waals surface area contributed by atoms with Crippen molar-refractivity contribution in [2.45, 2.75) is 31.7 Å². The van der Waals surface area contributed by atoms with Gasteiger partial charge in [0.2, 0.25) is 5.91 Å². The molecule has 1 amide bonds. The summed E-state index contributed by atoms with van der Waals surface area (Å²) in [5.41, 5.74) is -0.288. The van der Waals surface area contributed by atoms with Crippen LogP contribution in [0.15, 0.2) is 11.6 Å². The quantitative estimate of drug-likeness (QED) is 0.913. The second-order valence-corrected chi connectivity index (χ2v) is 6.43. The molecule has 1 unspecified atom stereocenters. The molecule has 1 N–H and O–H groups in total. The first-order valence-corrected chi connectivity index (χ1v) is 8.32. The van der Waals surface area contributed by atoms with E-state index < -0.39 is 0 Å². The molecule has 2 aliphatic rings. The Bertz CT molecular complexity index is 448. The topological polar surface area (TPSA) is 48.5 Å². The maximum Gasteiger partial charge on any atom is 0.242 e. The fourth-order valence-corrected chi connectivity index (χ4v) is 3.91. The Morgan fingerprint density at radius 2 is 2.25 bits per heavy atom. The van der Waals surface area contributed by atoms with Crippen LogP contribution in [0.3, 0.4) is 0 Å². The fraction of sp³-hybridized carbons (Fsp3) is 0.714. The Morgan fingerprint density at radius 3 is 2.80 bits per heavy atom. The van der Waals surface area contributed by atoms with Crippen molar-refractivity contribution in [2.75, 3.05) is 37.6 Å². The highest BCUT2D eigenvalue weighted by Crippen LogP contribution is 2.27. The molecule has 1 aromatic heterocycles. The van der Waals surface area contributed by atoms with Crippen LogP contribution in [0.5, 0.6) is 0 Å². The van der Waals surface area contributed by atoms with Crippen LogP contribution < -0.4 is 10.2 Å².